The summed E-state index contributed by atoms with van der Waals surface area (Å²) >= 11 is 1.56. The highest BCUT2D eigenvalue weighted by molar-refractivity contribution is 7.11. The summed E-state index contributed by atoms with van der Waals surface area (Å²) < 4.78 is 0. The molecule has 1 saturated carbocycles. The van der Waals surface area contributed by atoms with Crippen LogP contribution in [-0.2, 0) is 0 Å². The normalized spacial score (nSPS) is 22.1. The van der Waals surface area contributed by atoms with Gasteiger partial charge in [-0.3, -0.25) is 4.79 Å². The molecule has 1 aromatic heterocycles. The molecule has 0 radical (unpaired) electrons. The van der Waals surface area contributed by atoms with Gasteiger partial charge in [0.05, 0.1) is 4.88 Å². The van der Waals surface area contributed by atoms with Crippen LogP contribution in [0, 0.1) is 18.8 Å². The fourth-order valence-corrected chi connectivity index (χ4v) is 4.00. The van der Waals surface area contributed by atoms with Gasteiger partial charge in [0.25, 0.3) is 0 Å². The molecule has 0 aromatic carbocycles. The minimum absolute atomic E-state index is 0.182. The number of likely N-dealkylation sites (tertiary alicyclic amines) is 1. The Labute approximate surface area is 137 Å². The maximum atomic E-state index is 12.9. The van der Waals surface area contributed by atoms with E-state index in [1.54, 1.807) is 11.3 Å². The Balaban J connectivity index is 1.75. The summed E-state index contributed by atoms with van der Waals surface area (Å²) in [6.07, 6.45) is 4.98. The van der Waals surface area contributed by atoms with Gasteiger partial charge < -0.3 is 4.90 Å². The maximum Gasteiger partial charge on any atom is 0.177 e. The van der Waals surface area contributed by atoms with Gasteiger partial charge in [-0.05, 0) is 62.1 Å². The molecule has 2 fully saturated rings. The highest BCUT2D eigenvalue weighted by Gasteiger charge is 2.30. The SMILES string of the molecule is Cc1cccccsc(C(=O)C2CCCN(CC3CC3)C2)c1. The quantitative estimate of drug-likeness (QED) is 0.763. The predicted molar refractivity (Wildman–Crippen MR) is 92.9 cm³/mol. The van der Waals surface area contributed by atoms with Gasteiger partial charge in [-0.2, -0.15) is 0 Å². The molecule has 22 heavy (non-hydrogen) atoms. The largest absolute Gasteiger partial charge is 0.302 e. The summed E-state index contributed by atoms with van der Waals surface area (Å²) in [5.74, 6) is 1.43. The number of rotatable bonds is 4. The molecule has 0 spiro atoms. The van der Waals surface area contributed by atoms with Gasteiger partial charge in [-0.1, -0.05) is 24.3 Å². The summed E-state index contributed by atoms with van der Waals surface area (Å²) in [5, 5.41) is 2.01. The van der Waals surface area contributed by atoms with Crippen LogP contribution in [0.15, 0.2) is 35.7 Å². The Morgan fingerprint density at radius 2 is 2.14 bits per heavy atom. The van der Waals surface area contributed by atoms with E-state index >= 15 is 0 Å². The molecular formula is C19H25NOS. The van der Waals surface area contributed by atoms with Gasteiger partial charge in [0.2, 0.25) is 0 Å². The number of Topliss-reactive ketones (excluding diaryl/α,β-unsaturated/α-hetero) is 1. The smallest absolute Gasteiger partial charge is 0.177 e. The molecule has 3 rings (SSSR count). The van der Waals surface area contributed by atoms with Crippen LogP contribution < -0.4 is 0 Å². The van der Waals surface area contributed by atoms with E-state index in [4.69, 9.17) is 0 Å². The van der Waals surface area contributed by atoms with Gasteiger partial charge in [-0.25, -0.2) is 0 Å². The lowest BCUT2D eigenvalue weighted by atomic mass is 9.92. The van der Waals surface area contributed by atoms with Crippen molar-refractivity contribution in [3.05, 3.63) is 46.2 Å². The summed E-state index contributed by atoms with van der Waals surface area (Å²) in [7, 11) is 0. The standard InChI is InChI=1S/C19H25NOS/c1-15-6-3-2-4-11-22-18(12-15)19(21)17-7-5-10-20(14-17)13-16-8-9-16/h2-4,6,11-12,16-17H,5,7-10,13-14H2,1H3. The molecule has 3 heteroatoms. The van der Waals surface area contributed by atoms with E-state index in [-0.39, 0.29) is 5.92 Å². The second kappa shape index (κ2) is 7.38. The first-order chi connectivity index (χ1) is 10.7. The van der Waals surface area contributed by atoms with E-state index < -0.39 is 0 Å². The molecule has 0 N–H and O–H groups in total. The van der Waals surface area contributed by atoms with Crippen LogP contribution in [0.5, 0.6) is 0 Å². The number of carbonyl (C=O) groups excluding carboxylic acids is 1. The fourth-order valence-electron chi connectivity index (χ4n) is 3.15. The number of hydrogen-bond donors (Lipinski definition) is 0. The zero-order valence-electron chi connectivity index (χ0n) is 13.3. The number of ketones is 1. The summed E-state index contributed by atoms with van der Waals surface area (Å²) in [6.45, 7) is 5.40. The van der Waals surface area contributed by atoms with Gasteiger partial charge in [0.1, 0.15) is 0 Å². The van der Waals surface area contributed by atoms with Crippen molar-refractivity contribution in [3.63, 3.8) is 0 Å². The third-order valence-electron chi connectivity index (χ3n) is 4.55. The topological polar surface area (TPSA) is 20.3 Å². The first kappa shape index (κ1) is 15.7. The van der Waals surface area contributed by atoms with Crippen LogP contribution in [-0.4, -0.2) is 30.3 Å². The molecule has 2 heterocycles. The highest BCUT2D eigenvalue weighted by atomic mass is 32.1. The van der Waals surface area contributed by atoms with Crippen LogP contribution in [0.3, 0.4) is 0 Å². The van der Waals surface area contributed by atoms with Crippen molar-refractivity contribution in [2.75, 3.05) is 19.6 Å². The highest BCUT2D eigenvalue weighted by Crippen LogP contribution is 2.31. The first-order valence-corrected chi connectivity index (χ1v) is 9.25. The van der Waals surface area contributed by atoms with Crippen LogP contribution in [0.1, 0.15) is 40.9 Å². The number of hydrogen-bond acceptors (Lipinski definition) is 3. The fraction of sp³-hybridized carbons (Fsp3) is 0.526. The number of carbonyl (C=O) groups is 1. The lowest BCUT2D eigenvalue weighted by molar-refractivity contribution is 0.0818. The third kappa shape index (κ3) is 4.40. The Morgan fingerprint density at radius 1 is 1.27 bits per heavy atom. The monoisotopic (exact) mass is 315 g/mol. The molecule has 2 aliphatic rings. The van der Waals surface area contributed by atoms with Crippen LogP contribution in [0.25, 0.3) is 0 Å². The second-order valence-electron chi connectivity index (χ2n) is 6.66. The van der Waals surface area contributed by atoms with Crippen molar-refractivity contribution in [1.29, 1.82) is 0 Å². The maximum absolute atomic E-state index is 12.9. The summed E-state index contributed by atoms with van der Waals surface area (Å²) in [4.78, 5) is 16.3. The Kier molecular flexibility index (Phi) is 5.27. The molecular weight excluding hydrogens is 290 g/mol. The van der Waals surface area contributed by atoms with Crippen molar-refractivity contribution >= 4 is 17.1 Å². The molecule has 0 bridgehead atoms. The van der Waals surface area contributed by atoms with E-state index in [2.05, 4.69) is 17.9 Å². The van der Waals surface area contributed by atoms with Gasteiger partial charge in [0.15, 0.2) is 5.78 Å². The number of aryl methyl sites for hydroxylation is 1. The lowest BCUT2D eigenvalue weighted by Gasteiger charge is -2.31. The van der Waals surface area contributed by atoms with Gasteiger partial charge in [-0.15, -0.1) is 11.3 Å². The molecule has 1 aliphatic carbocycles. The summed E-state index contributed by atoms with van der Waals surface area (Å²) in [6, 6.07) is 10.1. The van der Waals surface area contributed by atoms with Crippen molar-refractivity contribution in [2.24, 2.45) is 11.8 Å². The van der Waals surface area contributed by atoms with Crippen LogP contribution in [0.2, 0.25) is 0 Å². The van der Waals surface area contributed by atoms with Crippen LogP contribution in [0.4, 0.5) is 0 Å². The zero-order chi connectivity index (χ0) is 15.4. The zero-order valence-corrected chi connectivity index (χ0v) is 14.1. The van der Waals surface area contributed by atoms with Crippen molar-refractivity contribution in [1.82, 2.24) is 4.90 Å². The van der Waals surface area contributed by atoms with E-state index in [0.29, 0.717) is 5.78 Å². The third-order valence-corrected chi connectivity index (χ3v) is 5.41. The van der Waals surface area contributed by atoms with E-state index in [1.807, 2.05) is 29.6 Å². The predicted octanol–water partition coefficient (Wildman–Crippen LogP) is 4.49. The second-order valence-corrected chi connectivity index (χ2v) is 7.60. The molecule has 1 unspecified atom stereocenters. The van der Waals surface area contributed by atoms with Crippen molar-refractivity contribution in [2.45, 2.75) is 32.6 Å². The molecule has 1 aromatic rings. The van der Waals surface area contributed by atoms with E-state index in [9.17, 15) is 4.79 Å². The van der Waals surface area contributed by atoms with Gasteiger partial charge >= 0.3 is 0 Å². The average Bonchev–Trinajstić information content (AvgIpc) is 3.31. The molecule has 1 atom stereocenters. The minimum Gasteiger partial charge on any atom is -0.302 e. The molecule has 2 nitrogen and oxygen atoms in total. The minimum atomic E-state index is 0.182. The lowest BCUT2D eigenvalue weighted by Crippen LogP contribution is -2.39. The number of nitrogens with zero attached hydrogens (tertiary/aromatic N) is 1. The van der Waals surface area contributed by atoms with Crippen LogP contribution >= 0.6 is 11.3 Å². The van der Waals surface area contributed by atoms with Crippen molar-refractivity contribution in [3.8, 4) is 0 Å². The number of piperidine rings is 1. The Bertz CT molecular complexity index is 574. The molecule has 118 valence electrons. The van der Waals surface area contributed by atoms with E-state index in [0.717, 1.165) is 35.7 Å². The Hall–Kier alpha value is -1.19. The summed E-state index contributed by atoms with van der Waals surface area (Å²) in [5.41, 5.74) is 1.14. The first-order valence-electron chi connectivity index (χ1n) is 8.37. The van der Waals surface area contributed by atoms with E-state index in [1.165, 1.54) is 25.9 Å². The Morgan fingerprint density at radius 3 is 2.95 bits per heavy atom. The van der Waals surface area contributed by atoms with Crippen molar-refractivity contribution < 1.29 is 4.79 Å². The average molecular weight is 315 g/mol. The van der Waals surface area contributed by atoms with Gasteiger partial charge in [0, 0.05) is 19.0 Å². The molecule has 1 saturated heterocycles. The molecule has 0 amide bonds. The molecule has 1 aliphatic heterocycles.